The van der Waals surface area contributed by atoms with Crippen molar-refractivity contribution in [2.75, 3.05) is 275 Å². The first-order valence-electron chi connectivity index (χ1n) is 50.7. The number of amides is 14. The second kappa shape index (κ2) is 88.5. The van der Waals surface area contributed by atoms with E-state index in [1.807, 2.05) is 45.2 Å². The highest BCUT2D eigenvalue weighted by Gasteiger charge is 2.22. The summed E-state index contributed by atoms with van der Waals surface area (Å²) in [6.45, 7) is 14.6. The molecular weight excluding hydrogens is 1770 g/mol. The first-order chi connectivity index (χ1) is 66.4. The molecule has 0 spiro atoms. The maximum absolute atomic E-state index is 14.1. The van der Waals surface area contributed by atoms with Gasteiger partial charge in [0, 0.05) is 384 Å². The lowest BCUT2D eigenvalue weighted by atomic mass is 10.0. The summed E-state index contributed by atoms with van der Waals surface area (Å²) in [5, 5.41) is 48.9. The van der Waals surface area contributed by atoms with Crippen molar-refractivity contribution >= 4 is 82.7 Å². The van der Waals surface area contributed by atoms with Crippen LogP contribution in [-0.4, -0.2) is 407 Å². The summed E-state index contributed by atoms with van der Waals surface area (Å²) < 4.78 is 1.83. The van der Waals surface area contributed by atoms with Crippen molar-refractivity contribution < 1.29 is 67.1 Å². The van der Waals surface area contributed by atoms with Gasteiger partial charge >= 0.3 is 0 Å². The molecule has 1 aromatic heterocycles. The van der Waals surface area contributed by atoms with Crippen molar-refractivity contribution in [2.45, 2.75) is 213 Å². The number of unbranched alkanes of at least 4 members (excludes halogenated alkanes) is 15. The molecule has 0 saturated heterocycles. The van der Waals surface area contributed by atoms with Gasteiger partial charge in [-0.05, 0) is 6.42 Å². The van der Waals surface area contributed by atoms with Gasteiger partial charge < -0.3 is 150 Å². The van der Waals surface area contributed by atoms with Crippen LogP contribution in [0.1, 0.15) is 205 Å². The summed E-state index contributed by atoms with van der Waals surface area (Å²) >= 11 is 0. The number of nitrogens with two attached hydrogens (primary N) is 8. The van der Waals surface area contributed by atoms with E-state index in [2.05, 4.69) is 91.7 Å². The van der Waals surface area contributed by atoms with Crippen LogP contribution >= 0.6 is 0 Å². The standard InChI is InChI=1S/C91H182N32O14/c1-2-3-4-5-6-7-8-9-10-11-12-13-14-15-16-17-54-123-76-77(114-115-123)75-122(67-30-90(136)112-52-73-120(63-26-86(132)108-48-69-116(55-18-78(124)100-40-32-92)56-19-79(125)101-41-33-93)64-27-87(133)109-49-70-117(57-20-80(126)102-42-34-94)58-21-81(127)103-43-35-95)68-31-91(137)113-53-74-121(65-28-88(134)110-50-71-118(59-22-82(128)104-44-36-96)60-23-83(129)105-45-37-97)66-29-89(135)111-51-72-119(61-24-84(130)106-46-38-98)62-25-85(131)107-47-39-99/h76H,2-75,92-99H2,1H3,(H,100,124)(H,101,125)(H,102,126)(H,103,127)(H,104,128)(H,105,129)(H,106,130)(H,107,131)(H,108,132)(H,109,133)(H,110,134)(H,111,135)(H,112,136)(H,113,137). The number of nitrogens with one attached hydrogen (secondary N) is 14. The molecule has 0 aliphatic rings. The molecule has 0 aliphatic carbocycles. The fraction of sp³-hybridized carbons (Fsp3) is 0.824. The second-order valence-corrected chi connectivity index (χ2v) is 34.3. The largest absolute Gasteiger partial charge is 0.355 e. The molecule has 790 valence electrons. The van der Waals surface area contributed by atoms with Crippen molar-refractivity contribution in [3.05, 3.63) is 11.9 Å². The van der Waals surface area contributed by atoms with E-state index < -0.39 is 0 Å². The summed E-state index contributed by atoms with van der Waals surface area (Å²) in [6, 6.07) is 0. The number of hydrogen-bond donors (Lipinski definition) is 22. The van der Waals surface area contributed by atoms with E-state index in [0.717, 1.165) is 19.3 Å². The predicted molar refractivity (Wildman–Crippen MR) is 533 cm³/mol. The van der Waals surface area contributed by atoms with Crippen LogP contribution < -0.4 is 120 Å². The fourth-order valence-corrected chi connectivity index (χ4v) is 14.5. The SMILES string of the molecule is CCCCCCCCCCCCCCCCCCn1cc(CN(CCC(=O)NCCN(CCC(=O)NCCN(CCC(=O)NCCN)CCC(=O)NCCN)CCC(=O)NCCN(CCC(=O)NCCN)CCC(=O)NCCN)CCC(=O)NCCN(CCC(=O)NCCN(CCC(=O)NCCN)CCC(=O)NCCN)CCC(=O)NCCN(CCC(=O)NCCN)CCC(=O)NCCN)nn1. The molecule has 1 heterocycles. The Kier molecular flexibility index (Phi) is 81.5. The van der Waals surface area contributed by atoms with E-state index in [9.17, 15) is 67.1 Å². The zero-order valence-electron chi connectivity index (χ0n) is 83.2. The van der Waals surface area contributed by atoms with E-state index in [0.29, 0.717) is 143 Å². The van der Waals surface area contributed by atoms with Crippen LogP contribution in [0.5, 0.6) is 0 Å². The van der Waals surface area contributed by atoms with Crippen LogP contribution in [0.4, 0.5) is 0 Å². The van der Waals surface area contributed by atoms with Gasteiger partial charge in [-0.3, -0.25) is 76.7 Å². The minimum absolute atomic E-state index is 0.0132. The molecule has 0 unspecified atom stereocenters. The lowest BCUT2D eigenvalue weighted by Crippen LogP contribution is -2.42. The van der Waals surface area contributed by atoms with Gasteiger partial charge in [0.05, 0.1) is 5.69 Å². The number of aryl methyl sites for hydroxylation is 1. The molecule has 0 saturated carbocycles. The van der Waals surface area contributed by atoms with Crippen molar-refractivity contribution in [2.24, 2.45) is 45.9 Å². The van der Waals surface area contributed by atoms with Crippen molar-refractivity contribution in [1.29, 1.82) is 0 Å². The smallest absolute Gasteiger partial charge is 0.221 e. The van der Waals surface area contributed by atoms with Gasteiger partial charge in [-0.1, -0.05) is 108 Å². The van der Waals surface area contributed by atoms with Crippen molar-refractivity contribution in [1.82, 2.24) is 124 Å². The number of nitrogens with zero attached hydrogens (tertiary/aromatic N) is 10. The Morgan fingerprint density at radius 1 is 0.219 bits per heavy atom. The lowest BCUT2D eigenvalue weighted by Gasteiger charge is -2.24. The van der Waals surface area contributed by atoms with E-state index in [1.54, 1.807) is 0 Å². The third-order valence-electron chi connectivity index (χ3n) is 22.6. The molecule has 46 heteroatoms. The highest BCUT2D eigenvalue weighted by molar-refractivity contribution is 5.81. The minimum atomic E-state index is -0.300. The van der Waals surface area contributed by atoms with Gasteiger partial charge in [-0.25, -0.2) is 0 Å². The molecule has 0 fully saturated rings. The Morgan fingerprint density at radius 2 is 0.372 bits per heavy atom. The Bertz CT molecular complexity index is 2960. The van der Waals surface area contributed by atoms with Gasteiger partial charge in [-0.2, -0.15) is 0 Å². The second-order valence-electron chi connectivity index (χ2n) is 34.3. The van der Waals surface area contributed by atoms with E-state index in [4.69, 9.17) is 45.9 Å². The molecule has 46 nitrogen and oxygen atoms in total. The van der Waals surface area contributed by atoms with Crippen LogP contribution in [0.15, 0.2) is 6.20 Å². The summed E-state index contributed by atoms with van der Waals surface area (Å²) in [5.41, 5.74) is 45.4. The summed E-state index contributed by atoms with van der Waals surface area (Å²) in [7, 11) is 0. The topological polar surface area (TPSA) is 669 Å². The van der Waals surface area contributed by atoms with E-state index in [1.165, 1.54) is 83.5 Å². The summed E-state index contributed by atoms with van der Waals surface area (Å²) in [5.74, 6) is -3.38. The van der Waals surface area contributed by atoms with Crippen molar-refractivity contribution in [3.63, 3.8) is 0 Å². The van der Waals surface area contributed by atoms with Gasteiger partial charge in [0.15, 0.2) is 0 Å². The molecule has 14 amide bonds. The summed E-state index contributed by atoms with van der Waals surface area (Å²) in [4.78, 5) is 197. The normalized spacial score (nSPS) is 11.4. The molecule has 0 bridgehead atoms. The van der Waals surface area contributed by atoms with E-state index in [-0.39, 0.29) is 323 Å². The average Bonchev–Trinajstić information content (AvgIpc) is 1.75. The lowest BCUT2D eigenvalue weighted by molar-refractivity contribution is -0.123. The van der Waals surface area contributed by atoms with Gasteiger partial charge in [0.25, 0.3) is 0 Å². The van der Waals surface area contributed by atoms with Crippen molar-refractivity contribution in [3.8, 4) is 0 Å². The number of rotatable bonds is 95. The number of carbonyl (C=O) groups is 14. The molecular formula is C91H182N32O14. The monoisotopic (exact) mass is 1950 g/mol. The van der Waals surface area contributed by atoms with Gasteiger partial charge in [0.1, 0.15) is 0 Å². The molecule has 137 heavy (non-hydrogen) atoms. The third kappa shape index (κ3) is 77.6. The van der Waals surface area contributed by atoms with Crippen LogP contribution in [0.2, 0.25) is 0 Å². The quantitative estimate of drug-likeness (QED) is 0.0270. The minimum Gasteiger partial charge on any atom is -0.355 e. The molecule has 0 aromatic carbocycles. The first-order valence-corrected chi connectivity index (χ1v) is 50.7. The zero-order valence-corrected chi connectivity index (χ0v) is 83.2. The average molecular weight is 1950 g/mol. The highest BCUT2D eigenvalue weighted by atomic mass is 16.2. The van der Waals surface area contributed by atoms with Crippen LogP contribution in [0, 0.1) is 0 Å². The molecule has 0 aliphatic heterocycles. The Hall–Kier alpha value is -8.88. The van der Waals surface area contributed by atoms with Gasteiger partial charge in [-0.15, -0.1) is 5.10 Å². The molecule has 0 radical (unpaired) electrons. The number of aromatic nitrogens is 3. The number of carbonyl (C=O) groups excluding carboxylic acids is 14. The van der Waals surface area contributed by atoms with Crippen LogP contribution in [0.3, 0.4) is 0 Å². The Labute approximate surface area is 815 Å². The molecule has 1 aromatic rings. The van der Waals surface area contributed by atoms with Crippen LogP contribution in [-0.2, 0) is 80.2 Å². The zero-order chi connectivity index (χ0) is 101. The molecule has 1 rings (SSSR count). The highest BCUT2D eigenvalue weighted by Crippen LogP contribution is 2.15. The molecule has 0 atom stereocenters. The van der Waals surface area contributed by atoms with Gasteiger partial charge in [0.2, 0.25) is 82.7 Å². The number of hydrogen-bond acceptors (Lipinski definition) is 31. The molecule has 30 N–H and O–H groups in total. The Balaban J connectivity index is 3.56. The maximum Gasteiger partial charge on any atom is 0.221 e. The van der Waals surface area contributed by atoms with Crippen LogP contribution in [0.25, 0.3) is 0 Å². The summed E-state index contributed by atoms with van der Waals surface area (Å²) in [6.07, 6.45) is 23.2. The maximum atomic E-state index is 14.1. The van der Waals surface area contributed by atoms with E-state index >= 15 is 0 Å². The predicted octanol–water partition coefficient (Wildman–Crippen LogP) is -6.09. The fourth-order valence-electron chi connectivity index (χ4n) is 14.5. The Morgan fingerprint density at radius 3 is 0.540 bits per heavy atom. The third-order valence-corrected chi connectivity index (χ3v) is 22.6. The first kappa shape index (κ1) is 126.